The maximum Gasteiger partial charge on any atom is 0.472 e. The lowest BCUT2D eigenvalue weighted by molar-refractivity contribution is -0.161. The van der Waals surface area contributed by atoms with Crippen LogP contribution in [0.15, 0.2) is 0 Å². The Morgan fingerprint density at radius 3 is 0.708 bits per heavy atom. The lowest BCUT2D eigenvalue weighted by Crippen LogP contribution is -2.30. The summed E-state index contributed by atoms with van der Waals surface area (Å²) in [5.41, 5.74) is 0. The van der Waals surface area contributed by atoms with Gasteiger partial charge in [0.25, 0.3) is 0 Å². The Kier molecular flexibility index (Phi) is 67.4. The van der Waals surface area contributed by atoms with E-state index >= 15 is 0 Å². The van der Waals surface area contributed by atoms with Gasteiger partial charge in [-0.3, -0.25) is 37.3 Å². The Hall–Kier alpha value is -1.94. The molecule has 0 aliphatic heterocycles. The van der Waals surface area contributed by atoms with E-state index in [1.54, 1.807) is 0 Å². The smallest absolute Gasteiger partial charge is 0.462 e. The van der Waals surface area contributed by atoms with Crippen LogP contribution < -0.4 is 0 Å². The van der Waals surface area contributed by atoms with Crippen molar-refractivity contribution in [2.75, 3.05) is 39.6 Å². The molecule has 96 heavy (non-hydrogen) atoms. The molecule has 2 unspecified atom stereocenters. The maximum absolute atomic E-state index is 13.1. The number of aliphatic hydroxyl groups is 1. The molecule has 0 saturated heterocycles. The van der Waals surface area contributed by atoms with Gasteiger partial charge in [-0.25, -0.2) is 9.13 Å². The predicted molar refractivity (Wildman–Crippen MR) is 391 cm³/mol. The van der Waals surface area contributed by atoms with Gasteiger partial charge >= 0.3 is 39.5 Å². The second-order valence-corrected chi connectivity index (χ2v) is 31.6. The van der Waals surface area contributed by atoms with E-state index in [1.807, 2.05) is 0 Å². The third-order valence-electron chi connectivity index (χ3n) is 18.0. The van der Waals surface area contributed by atoms with E-state index in [1.165, 1.54) is 212 Å². The van der Waals surface area contributed by atoms with E-state index in [9.17, 15) is 43.2 Å². The molecule has 3 N–H and O–H groups in total. The number of hydrogen-bond donors (Lipinski definition) is 3. The first-order valence-corrected chi connectivity index (χ1v) is 43.0. The van der Waals surface area contributed by atoms with Crippen LogP contribution in [0.5, 0.6) is 0 Å². The van der Waals surface area contributed by atoms with E-state index in [-0.39, 0.29) is 25.7 Å². The van der Waals surface area contributed by atoms with Crippen molar-refractivity contribution in [1.82, 2.24) is 0 Å². The molecule has 0 aliphatic rings. The molecular weight excluding hydrogens is 1260 g/mol. The van der Waals surface area contributed by atoms with Crippen molar-refractivity contribution in [3.05, 3.63) is 0 Å². The van der Waals surface area contributed by atoms with E-state index in [0.717, 1.165) is 102 Å². The highest BCUT2D eigenvalue weighted by atomic mass is 31.2. The molecule has 0 radical (unpaired) electrons. The summed E-state index contributed by atoms with van der Waals surface area (Å²) in [6.07, 6.45) is 57.3. The third-order valence-corrected chi connectivity index (χ3v) is 19.9. The number of aliphatic hydroxyl groups excluding tert-OH is 1. The van der Waals surface area contributed by atoms with E-state index in [4.69, 9.17) is 37.0 Å². The minimum Gasteiger partial charge on any atom is -0.462 e. The summed E-state index contributed by atoms with van der Waals surface area (Å²) in [5, 5.41) is 10.6. The first kappa shape index (κ1) is 94.1. The van der Waals surface area contributed by atoms with E-state index in [2.05, 4.69) is 41.5 Å². The van der Waals surface area contributed by atoms with Gasteiger partial charge in [0.05, 0.1) is 26.4 Å². The average Bonchev–Trinajstić information content (AvgIpc) is 2.11. The first-order chi connectivity index (χ1) is 46.4. The van der Waals surface area contributed by atoms with Gasteiger partial charge in [-0.1, -0.05) is 350 Å². The molecule has 0 aliphatic carbocycles. The largest absolute Gasteiger partial charge is 0.472 e. The lowest BCUT2D eigenvalue weighted by Gasteiger charge is -2.21. The third kappa shape index (κ3) is 70.5. The van der Waals surface area contributed by atoms with Crippen LogP contribution in [0.3, 0.4) is 0 Å². The summed E-state index contributed by atoms with van der Waals surface area (Å²) < 4.78 is 68.5. The van der Waals surface area contributed by atoms with Gasteiger partial charge in [-0.2, -0.15) is 0 Å². The zero-order valence-corrected chi connectivity index (χ0v) is 64.5. The van der Waals surface area contributed by atoms with E-state index in [0.29, 0.717) is 31.6 Å². The topological polar surface area (TPSA) is 237 Å². The SMILES string of the molecule is CCCCCCCCCCCCCCCCCCCCCCCCC(=O)O[C@H](COC(=O)CCCCCCCCCCCCCCCC)COP(=O)(O)OC[C@@H](O)COP(=O)(O)OC[C@@H](COC(=O)CCCCCCCCC(C)C)OC(=O)CCCCCCCCCCC(C)C. The Morgan fingerprint density at radius 1 is 0.281 bits per heavy atom. The summed E-state index contributed by atoms with van der Waals surface area (Å²) in [5.74, 6) is -0.722. The number of hydrogen-bond acceptors (Lipinski definition) is 15. The quantitative estimate of drug-likeness (QED) is 0.0222. The van der Waals surface area contributed by atoms with Crippen molar-refractivity contribution in [2.24, 2.45) is 11.8 Å². The standard InChI is InChI=1S/C77H150O17P2/c1-7-9-11-13-15-17-19-21-23-24-25-26-27-28-29-30-32-34-36-41-49-55-61-76(81)93-72(65-87-74(79)59-53-47-40-35-33-31-22-20-18-16-14-12-10-8-2)67-91-95(83,84)89-63-71(78)64-90-96(85,86)92-68-73(66-88-75(80)60-54-48-44-43-46-52-58-70(5)6)94-77(82)62-56-50-42-38-37-39-45-51-57-69(3)4/h69-73,78H,7-68H2,1-6H3,(H,83,84)(H,85,86)/t71-,72-,73-/m1/s1. The normalized spacial score (nSPS) is 14.0. The average molecular weight is 1410 g/mol. The second-order valence-electron chi connectivity index (χ2n) is 28.7. The molecule has 0 aromatic heterocycles. The molecule has 0 saturated carbocycles. The van der Waals surface area contributed by atoms with Crippen molar-refractivity contribution >= 4 is 39.5 Å². The number of carbonyl (C=O) groups excluding carboxylic acids is 4. The van der Waals surface area contributed by atoms with Crippen LogP contribution in [0.25, 0.3) is 0 Å². The lowest BCUT2D eigenvalue weighted by atomic mass is 10.0. The van der Waals surface area contributed by atoms with Gasteiger partial charge in [0.2, 0.25) is 0 Å². The molecule has 5 atom stereocenters. The van der Waals surface area contributed by atoms with Crippen molar-refractivity contribution in [2.45, 2.75) is 419 Å². The minimum absolute atomic E-state index is 0.104. The molecule has 0 heterocycles. The van der Waals surface area contributed by atoms with Crippen molar-refractivity contribution in [3.8, 4) is 0 Å². The summed E-state index contributed by atoms with van der Waals surface area (Å²) in [7, 11) is -9.91. The van der Waals surface area contributed by atoms with Crippen LogP contribution in [-0.4, -0.2) is 96.7 Å². The molecular formula is C77H150O17P2. The Labute approximate surface area is 588 Å². The number of unbranched alkanes of at least 4 members (excludes halogenated alkanes) is 46. The van der Waals surface area contributed by atoms with Gasteiger partial charge in [0.15, 0.2) is 12.2 Å². The Morgan fingerprint density at radius 2 is 0.479 bits per heavy atom. The van der Waals surface area contributed by atoms with Gasteiger partial charge < -0.3 is 33.8 Å². The zero-order valence-electron chi connectivity index (χ0n) is 62.7. The maximum atomic E-state index is 13.1. The molecule has 0 bridgehead atoms. The van der Waals surface area contributed by atoms with Crippen LogP contribution in [0, 0.1) is 11.8 Å². The van der Waals surface area contributed by atoms with Gasteiger partial charge in [0, 0.05) is 25.7 Å². The first-order valence-electron chi connectivity index (χ1n) is 40.0. The molecule has 17 nitrogen and oxygen atoms in total. The predicted octanol–water partition coefficient (Wildman–Crippen LogP) is 22.7. The molecule has 0 aromatic carbocycles. The van der Waals surface area contributed by atoms with Gasteiger partial charge in [0.1, 0.15) is 19.3 Å². The number of ether oxygens (including phenoxy) is 4. The molecule has 19 heteroatoms. The fraction of sp³-hybridized carbons (Fsp3) is 0.948. The fourth-order valence-electron chi connectivity index (χ4n) is 11.8. The van der Waals surface area contributed by atoms with Crippen LogP contribution in [0.4, 0.5) is 0 Å². The van der Waals surface area contributed by atoms with Crippen molar-refractivity contribution in [1.29, 1.82) is 0 Å². The van der Waals surface area contributed by atoms with Crippen molar-refractivity contribution < 1.29 is 80.2 Å². The number of rotatable bonds is 76. The molecule has 0 spiro atoms. The van der Waals surface area contributed by atoms with Gasteiger partial charge in [-0.15, -0.1) is 0 Å². The second kappa shape index (κ2) is 68.8. The number of esters is 4. The molecule has 0 aromatic rings. The van der Waals surface area contributed by atoms with Crippen LogP contribution in [0.2, 0.25) is 0 Å². The molecule has 0 rings (SSSR count). The summed E-state index contributed by atoms with van der Waals surface area (Å²) in [4.78, 5) is 72.7. The highest BCUT2D eigenvalue weighted by molar-refractivity contribution is 7.47. The highest BCUT2D eigenvalue weighted by Crippen LogP contribution is 2.45. The van der Waals surface area contributed by atoms with Crippen LogP contribution in [0.1, 0.15) is 401 Å². The van der Waals surface area contributed by atoms with E-state index < -0.39 is 97.5 Å². The fourth-order valence-corrected chi connectivity index (χ4v) is 13.4. The Bertz CT molecular complexity index is 1860. The monoisotopic (exact) mass is 1410 g/mol. The molecule has 570 valence electrons. The minimum atomic E-state index is -4.96. The number of phosphoric ester groups is 2. The Balaban J connectivity index is 5.17. The number of phosphoric acid groups is 2. The summed E-state index contributed by atoms with van der Waals surface area (Å²) >= 11 is 0. The number of carbonyl (C=O) groups is 4. The summed E-state index contributed by atoms with van der Waals surface area (Å²) in [6.45, 7) is 9.47. The molecule has 0 amide bonds. The molecule has 0 fully saturated rings. The van der Waals surface area contributed by atoms with Gasteiger partial charge in [-0.05, 0) is 37.5 Å². The van der Waals surface area contributed by atoms with Crippen molar-refractivity contribution in [3.63, 3.8) is 0 Å². The van der Waals surface area contributed by atoms with Crippen LogP contribution >= 0.6 is 15.6 Å². The zero-order chi connectivity index (χ0) is 70.7. The summed E-state index contributed by atoms with van der Waals surface area (Å²) in [6, 6.07) is 0. The van der Waals surface area contributed by atoms with Crippen LogP contribution in [-0.2, 0) is 65.4 Å². The highest BCUT2D eigenvalue weighted by Gasteiger charge is 2.30.